The van der Waals surface area contributed by atoms with E-state index in [1.165, 1.54) is 4.90 Å². The Labute approximate surface area is 217 Å². The highest BCUT2D eigenvalue weighted by Gasteiger charge is 2.32. The first-order valence-corrected chi connectivity index (χ1v) is 13.4. The third-order valence-electron chi connectivity index (χ3n) is 7.08. The first-order valence-electron chi connectivity index (χ1n) is 12.5. The molecule has 1 amide bonds. The molecular weight excluding hydrogens is 470 g/mol. The van der Waals surface area contributed by atoms with Gasteiger partial charge in [0.05, 0.1) is 31.5 Å². The van der Waals surface area contributed by atoms with Crippen molar-refractivity contribution in [2.45, 2.75) is 10.8 Å². The van der Waals surface area contributed by atoms with Crippen LogP contribution in [0, 0.1) is 0 Å². The van der Waals surface area contributed by atoms with Crippen molar-refractivity contribution >= 4 is 29.0 Å². The van der Waals surface area contributed by atoms with Crippen LogP contribution in [0.4, 0.5) is 11.4 Å². The molecule has 188 valence electrons. The van der Waals surface area contributed by atoms with Crippen molar-refractivity contribution in [2.75, 3.05) is 69.0 Å². The maximum Gasteiger partial charge on any atom is 0.235 e. The van der Waals surface area contributed by atoms with Crippen LogP contribution in [0.5, 0.6) is 11.5 Å². The van der Waals surface area contributed by atoms with Gasteiger partial charge in [0, 0.05) is 49.9 Å². The SMILES string of the molecule is COc1ccc(C2CSc3ccccc3N(CCN3CCN(c4ccccc4OC)CC3)C2=O)cc1. The van der Waals surface area contributed by atoms with Crippen LogP contribution < -0.4 is 19.3 Å². The molecule has 2 heterocycles. The fraction of sp³-hybridized carbons (Fsp3) is 0.345. The monoisotopic (exact) mass is 503 g/mol. The number of methoxy groups -OCH3 is 2. The number of benzene rings is 3. The molecule has 0 radical (unpaired) electrons. The van der Waals surface area contributed by atoms with Crippen molar-refractivity contribution in [3.05, 3.63) is 78.4 Å². The number of hydrogen-bond donors (Lipinski definition) is 0. The number of carbonyl (C=O) groups is 1. The lowest BCUT2D eigenvalue weighted by atomic mass is 9.99. The number of amides is 1. The van der Waals surface area contributed by atoms with E-state index >= 15 is 0 Å². The van der Waals surface area contributed by atoms with E-state index in [2.05, 4.69) is 40.1 Å². The quantitative estimate of drug-likeness (QED) is 0.464. The Bertz CT molecular complexity index is 1180. The van der Waals surface area contributed by atoms with E-state index in [1.54, 1.807) is 26.0 Å². The van der Waals surface area contributed by atoms with Gasteiger partial charge < -0.3 is 19.3 Å². The van der Waals surface area contributed by atoms with Crippen molar-refractivity contribution in [3.63, 3.8) is 0 Å². The lowest BCUT2D eigenvalue weighted by molar-refractivity contribution is -0.119. The Morgan fingerprint density at radius 3 is 2.22 bits per heavy atom. The molecule has 0 bridgehead atoms. The van der Waals surface area contributed by atoms with Crippen LogP contribution in [0.1, 0.15) is 11.5 Å². The van der Waals surface area contributed by atoms with E-state index in [9.17, 15) is 4.79 Å². The molecule has 6 nitrogen and oxygen atoms in total. The summed E-state index contributed by atoms with van der Waals surface area (Å²) in [6.07, 6.45) is 0. The summed E-state index contributed by atoms with van der Waals surface area (Å²) in [5, 5.41) is 0. The van der Waals surface area contributed by atoms with Crippen LogP contribution in [0.15, 0.2) is 77.7 Å². The molecule has 1 unspecified atom stereocenters. The third kappa shape index (κ3) is 5.18. The highest BCUT2D eigenvalue weighted by Crippen LogP contribution is 2.39. The normalized spacial score (nSPS) is 18.5. The van der Waals surface area contributed by atoms with E-state index < -0.39 is 0 Å². The number of carbonyl (C=O) groups excluding carboxylic acids is 1. The molecule has 0 aromatic heterocycles. The Balaban J connectivity index is 1.28. The molecule has 0 spiro atoms. The number of ether oxygens (including phenoxy) is 2. The van der Waals surface area contributed by atoms with Gasteiger partial charge in [-0.15, -0.1) is 11.8 Å². The second-order valence-electron chi connectivity index (χ2n) is 9.09. The van der Waals surface area contributed by atoms with Gasteiger partial charge in [-0.3, -0.25) is 9.69 Å². The van der Waals surface area contributed by atoms with Gasteiger partial charge in [-0.05, 0) is 42.0 Å². The molecule has 5 rings (SSSR count). The number of nitrogens with zero attached hydrogens (tertiary/aromatic N) is 3. The average molecular weight is 504 g/mol. The van der Waals surface area contributed by atoms with Crippen molar-refractivity contribution in [2.24, 2.45) is 0 Å². The molecule has 1 saturated heterocycles. The molecule has 2 aliphatic heterocycles. The molecule has 3 aromatic carbocycles. The zero-order valence-electron chi connectivity index (χ0n) is 20.9. The van der Waals surface area contributed by atoms with Gasteiger partial charge in [-0.25, -0.2) is 0 Å². The third-order valence-corrected chi connectivity index (χ3v) is 8.24. The number of anilines is 2. The fourth-order valence-corrected chi connectivity index (χ4v) is 6.19. The van der Waals surface area contributed by atoms with Crippen molar-refractivity contribution in [1.29, 1.82) is 0 Å². The van der Waals surface area contributed by atoms with Gasteiger partial charge >= 0.3 is 0 Å². The summed E-state index contributed by atoms with van der Waals surface area (Å²) in [7, 11) is 3.39. The molecule has 0 aliphatic carbocycles. The second kappa shape index (κ2) is 11.3. The van der Waals surface area contributed by atoms with Gasteiger partial charge in [0.25, 0.3) is 0 Å². The van der Waals surface area contributed by atoms with Gasteiger partial charge in [0.2, 0.25) is 5.91 Å². The summed E-state index contributed by atoms with van der Waals surface area (Å²) in [5.74, 6) is 2.44. The Morgan fingerprint density at radius 2 is 1.50 bits per heavy atom. The van der Waals surface area contributed by atoms with Crippen molar-refractivity contribution in [3.8, 4) is 11.5 Å². The minimum Gasteiger partial charge on any atom is -0.497 e. The van der Waals surface area contributed by atoms with Gasteiger partial charge in [0.1, 0.15) is 11.5 Å². The smallest absolute Gasteiger partial charge is 0.235 e. The first-order chi connectivity index (χ1) is 17.7. The zero-order valence-corrected chi connectivity index (χ0v) is 21.7. The topological polar surface area (TPSA) is 45.2 Å². The van der Waals surface area contributed by atoms with E-state index in [1.807, 2.05) is 47.4 Å². The lowest BCUT2D eigenvalue weighted by Gasteiger charge is -2.37. The molecule has 3 aromatic rings. The number of piperazine rings is 1. The average Bonchev–Trinajstić information content (AvgIpc) is 3.08. The number of rotatable bonds is 7. The first kappa shape index (κ1) is 24.5. The van der Waals surface area contributed by atoms with Gasteiger partial charge in [0.15, 0.2) is 0 Å². The Hall–Kier alpha value is -3.16. The molecule has 0 saturated carbocycles. The van der Waals surface area contributed by atoms with E-state index in [0.29, 0.717) is 6.54 Å². The maximum absolute atomic E-state index is 13.9. The van der Waals surface area contributed by atoms with E-state index in [0.717, 1.165) is 66.9 Å². The minimum absolute atomic E-state index is 0.172. The molecule has 7 heteroatoms. The Kier molecular flexibility index (Phi) is 7.68. The maximum atomic E-state index is 13.9. The van der Waals surface area contributed by atoms with E-state index in [4.69, 9.17) is 9.47 Å². The fourth-order valence-electron chi connectivity index (χ4n) is 5.00. The Morgan fingerprint density at radius 1 is 0.806 bits per heavy atom. The number of fused-ring (bicyclic) bond motifs is 1. The molecule has 36 heavy (non-hydrogen) atoms. The second-order valence-corrected chi connectivity index (χ2v) is 10.2. The number of thioether (sulfide) groups is 1. The van der Waals surface area contributed by atoms with Crippen molar-refractivity contribution in [1.82, 2.24) is 4.90 Å². The van der Waals surface area contributed by atoms with Crippen molar-refractivity contribution < 1.29 is 14.3 Å². The van der Waals surface area contributed by atoms with Crippen LogP contribution in [-0.2, 0) is 4.79 Å². The summed E-state index contributed by atoms with van der Waals surface area (Å²) in [5.41, 5.74) is 3.21. The summed E-state index contributed by atoms with van der Waals surface area (Å²) >= 11 is 1.77. The largest absolute Gasteiger partial charge is 0.497 e. The zero-order chi connectivity index (χ0) is 24.9. The van der Waals surface area contributed by atoms with Crippen LogP contribution in [0.2, 0.25) is 0 Å². The summed E-state index contributed by atoms with van der Waals surface area (Å²) < 4.78 is 10.9. The van der Waals surface area contributed by atoms with Crippen LogP contribution >= 0.6 is 11.8 Å². The summed E-state index contributed by atoms with van der Waals surface area (Å²) in [6.45, 7) is 5.32. The molecule has 1 atom stereocenters. The summed E-state index contributed by atoms with van der Waals surface area (Å²) in [6, 6.07) is 24.4. The molecule has 2 aliphatic rings. The minimum atomic E-state index is -0.185. The predicted octanol–water partition coefficient (Wildman–Crippen LogP) is 4.75. The highest BCUT2D eigenvalue weighted by atomic mass is 32.2. The highest BCUT2D eigenvalue weighted by molar-refractivity contribution is 7.99. The number of para-hydroxylation sites is 3. The van der Waals surface area contributed by atoms with Gasteiger partial charge in [-0.2, -0.15) is 0 Å². The summed E-state index contributed by atoms with van der Waals surface area (Å²) in [4.78, 5) is 21.9. The van der Waals surface area contributed by atoms with Crippen LogP contribution in [-0.4, -0.2) is 70.0 Å². The van der Waals surface area contributed by atoms with Gasteiger partial charge in [-0.1, -0.05) is 36.4 Å². The standard InChI is InChI=1S/C29H33N3O3S/c1-34-23-13-11-22(12-14-23)24-21-36-28-10-6-4-8-26(28)32(29(24)33)20-17-30-15-18-31(19-16-30)25-7-3-5-9-27(25)35-2/h3-14,24H,15-21H2,1-2H3. The predicted molar refractivity (Wildman–Crippen MR) is 147 cm³/mol. The lowest BCUT2D eigenvalue weighted by Crippen LogP contribution is -2.49. The van der Waals surface area contributed by atoms with E-state index in [-0.39, 0.29) is 11.8 Å². The van der Waals surface area contributed by atoms with Crippen LogP contribution in [0.3, 0.4) is 0 Å². The van der Waals surface area contributed by atoms with Crippen LogP contribution in [0.25, 0.3) is 0 Å². The molecular formula is C29H33N3O3S. The molecule has 1 fully saturated rings. The molecule has 0 N–H and O–H groups in total. The number of hydrogen-bond acceptors (Lipinski definition) is 6.